The summed E-state index contributed by atoms with van der Waals surface area (Å²) in [6.45, 7) is 2.31. The number of carbonyl (C=O) groups excluding carboxylic acids is 1. The van der Waals surface area contributed by atoms with Crippen LogP contribution in [0.3, 0.4) is 0 Å². The van der Waals surface area contributed by atoms with Gasteiger partial charge in [0, 0.05) is 44.2 Å². The van der Waals surface area contributed by atoms with E-state index in [9.17, 15) is 4.79 Å². The van der Waals surface area contributed by atoms with Gasteiger partial charge >= 0.3 is 0 Å². The number of carbonyl (C=O) groups is 1. The molecule has 8 nitrogen and oxygen atoms in total. The highest BCUT2D eigenvalue weighted by Crippen LogP contribution is 2.45. The number of thiazole rings is 1. The molecule has 3 aliphatic rings. The van der Waals surface area contributed by atoms with Gasteiger partial charge in [-0.05, 0) is 62.6 Å². The van der Waals surface area contributed by atoms with Crippen molar-refractivity contribution < 1.29 is 9.53 Å². The number of methoxy groups -OCH3 is 1. The van der Waals surface area contributed by atoms with Crippen LogP contribution < -0.4 is 10.5 Å². The van der Waals surface area contributed by atoms with Gasteiger partial charge in [-0.3, -0.25) is 4.79 Å². The molecule has 2 saturated carbocycles. The molecule has 2 aliphatic carbocycles. The van der Waals surface area contributed by atoms with Crippen LogP contribution in [0.2, 0.25) is 0 Å². The average molecular weight is 505 g/mol. The minimum atomic E-state index is -0.00743. The van der Waals surface area contributed by atoms with Crippen molar-refractivity contribution in [3.8, 4) is 17.3 Å². The lowest BCUT2D eigenvalue weighted by atomic mass is 10.0. The van der Waals surface area contributed by atoms with E-state index in [1.807, 2.05) is 35.4 Å². The van der Waals surface area contributed by atoms with E-state index < -0.39 is 0 Å². The van der Waals surface area contributed by atoms with Gasteiger partial charge < -0.3 is 24.5 Å². The summed E-state index contributed by atoms with van der Waals surface area (Å²) in [5.74, 6) is 2.91. The summed E-state index contributed by atoms with van der Waals surface area (Å²) >= 11 is 1.83. The number of piperidine rings is 1. The summed E-state index contributed by atoms with van der Waals surface area (Å²) in [4.78, 5) is 25.3. The minimum Gasteiger partial charge on any atom is -0.494 e. The summed E-state index contributed by atoms with van der Waals surface area (Å²) in [7, 11) is 3.69. The number of aryl methyl sites for hydroxylation is 1. The highest BCUT2D eigenvalue weighted by atomic mass is 32.1. The van der Waals surface area contributed by atoms with Gasteiger partial charge in [-0.25, -0.2) is 9.97 Å². The Kier molecular flexibility index (Phi) is 5.15. The fraction of sp³-hybridized carbons (Fsp3) is 0.519. The highest BCUT2D eigenvalue weighted by molar-refractivity contribution is 7.18. The topological polar surface area (TPSA) is 91.2 Å². The summed E-state index contributed by atoms with van der Waals surface area (Å²) in [6.07, 6.45) is 6.99. The first-order valence-corrected chi connectivity index (χ1v) is 13.9. The predicted octanol–water partition coefficient (Wildman–Crippen LogP) is 4.51. The lowest BCUT2D eigenvalue weighted by molar-refractivity contribution is 0.0708. The molecule has 0 unspecified atom stereocenters. The molecule has 1 aliphatic heterocycles. The molecule has 7 rings (SSSR count). The molecule has 0 bridgehead atoms. The zero-order valence-corrected chi connectivity index (χ0v) is 21.7. The maximum atomic E-state index is 13.3. The van der Waals surface area contributed by atoms with E-state index in [-0.39, 0.29) is 11.9 Å². The molecule has 3 fully saturated rings. The summed E-state index contributed by atoms with van der Waals surface area (Å²) in [6, 6.07) is 6.05. The molecule has 4 aromatic rings. The van der Waals surface area contributed by atoms with E-state index in [0.717, 1.165) is 60.0 Å². The molecule has 2 N–H and O–H groups in total. The molecule has 4 heterocycles. The first-order chi connectivity index (χ1) is 17.5. The smallest absolute Gasteiger partial charge is 0.254 e. The second-order valence-electron chi connectivity index (χ2n) is 10.8. The lowest BCUT2D eigenvalue weighted by Gasteiger charge is -2.30. The first-order valence-electron chi connectivity index (χ1n) is 13.1. The third-order valence-electron chi connectivity index (χ3n) is 7.90. The fourth-order valence-electron chi connectivity index (χ4n) is 5.57. The number of benzene rings is 1. The van der Waals surface area contributed by atoms with E-state index in [2.05, 4.69) is 15.2 Å². The molecule has 1 saturated heterocycles. The molecule has 3 aromatic heterocycles. The Bertz CT molecular complexity index is 1490. The fourth-order valence-corrected chi connectivity index (χ4v) is 6.75. The van der Waals surface area contributed by atoms with Gasteiger partial charge in [0.05, 0.1) is 28.0 Å². The van der Waals surface area contributed by atoms with Crippen molar-refractivity contribution in [2.45, 2.75) is 57.0 Å². The molecule has 36 heavy (non-hydrogen) atoms. The SMILES string of the molecule is COc1cc(C(=O)N2CCC[C@@H](N)C2)cc2nc(-c3cc4sc(C5CC5)nc4n3CC3CC3)n(C)c12. The Morgan fingerprint density at radius 3 is 2.72 bits per heavy atom. The molecular weight excluding hydrogens is 472 g/mol. The molecule has 0 radical (unpaired) electrons. The normalized spacial score (nSPS) is 20.5. The van der Waals surface area contributed by atoms with Crippen LogP contribution >= 0.6 is 11.3 Å². The van der Waals surface area contributed by atoms with Gasteiger partial charge in [0.15, 0.2) is 11.5 Å². The number of ether oxygens (including phenoxy) is 1. The van der Waals surface area contributed by atoms with Gasteiger partial charge in [0.2, 0.25) is 0 Å². The van der Waals surface area contributed by atoms with Crippen molar-refractivity contribution in [1.29, 1.82) is 0 Å². The summed E-state index contributed by atoms with van der Waals surface area (Å²) in [5.41, 5.74) is 10.6. The Labute approximate surface area is 214 Å². The van der Waals surface area contributed by atoms with Crippen LogP contribution in [0.15, 0.2) is 18.2 Å². The number of aromatic nitrogens is 4. The number of fused-ring (bicyclic) bond motifs is 2. The average Bonchev–Trinajstić information content (AvgIpc) is 3.79. The minimum absolute atomic E-state index is 0.00743. The molecule has 9 heteroatoms. The first kappa shape index (κ1) is 22.3. The van der Waals surface area contributed by atoms with Crippen LogP contribution in [0.5, 0.6) is 5.75 Å². The Morgan fingerprint density at radius 2 is 2.00 bits per heavy atom. The third kappa shape index (κ3) is 3.71. The second-order valence-corrected chi connectivity index (χ2v) is 11.9. The molecule has 1 atom stereocenters. The van der Waals surface area contributed by atoms with E-state index in [4.69, 9.17) is 20.4 Å². The van der Waals surface area contributed by atoms with Crippen LogP contribution in [0.1, 0.15) is 59.8 Å². The van der Waals surface area contributed by atoms with Crippen molar-refractivity contribution in [1.82, 2.24) is 24.0 Å². The van der Waals surface area contributed by atoms with Crippen molar-refractivity contribution in [2.24, 2.45) is 18.7 Å². The molecule has 1 aromatic carbocycles. The standard InChI is InChI=1S/C27H32N6O2S/c1-31-23-19(10-17(11-21(23)35-2)27(34)32-9-3-4-18(28)14-32)29-24(31)20-12-22-25(33(20)13-15-5-6-15)30-26(36-22)16-7-8-16/h10-12,15-16,18H,3-9,13-14,28H2,1-2H3/t18-/m1/s1. The van der Waals surface area contributed by atoms with E-state index >= 15 is 0 Å². The van der Waals surface area contributed by atoms with Crippen molar-refractivity contribution >= 4 is 38.6 Å². The van der Waals surface area contributed by atoms with Gasteiger partial charge in [-0.15, -0.1) is 11.3 Å². The van der Waals surface area contributed by atoms with E-state index in [1.165, 1.54) is 35.4 Å². The van der Waals surface area contributed by atoms with Crippen LogP contribution in [0.25, 0.3) is 32.9 Å². The highest BCUT2D eigenvalue weighted by Gasteiger charge is 2.31. The van der Waals surface area contributed by atoms with Crippen molar-refractivity contribution in [3.05, 3.63) is 28.8 Å². The maximum absolute atomic E-state index is 13.3. The number of hydrogen-bond acceptors (Lipinski definition) is 6. The lowest BCUT2D eigenvalue weighted by Crippen LogP contribution is -2.45. The molecule has 188 valence electrons. The number of amides is 1. The zero-order chi connectivity index (χ0) is 24.6. The van der Waals surface area contributed by atoms with Gasteiger partial charge in [-0.1, -0.05) is 0 Å². The van der Waals surface area contributed by atoms with E-state index in [0.29, 0.717) is 23.8 Å². The number of nitrogens with two attached hydrogens (primary N) is 1. The van der Waals surface area contributed by atoms with Crippen molar-refractivity contribution in [2.75, 3.05) is 20.2 Å². The Morgan fingerprint density at radius 1 is 1.17 bits per heavy atom. The predicted molar refractivity (Wildman–Crippen MR) is 142 cm³/mol. The van der Waals surface area contributed by atoms with Crippen molar-refractivity contribution in [3.63, 3.8) is 0 Å². The number of nitrogens with zero attached hydrogens (tertiary/aromatic N) is 5. The van der Waals surface area contributed by atoms with Gasteiger partial charge in [-0.2, -0.15) is 0 Å². The Hall–Kier alpha value is -2.91. The largest absolute Gasteiger partial charge is 0.494 e. The van der Waals surface area contributed by atoms with Crippen LogP contribution in [-0.2, 0) is 13.6 Å². The van der Waals surface area contributed by atoms with Crippen LogP contribution in [-0.4, -0.2) is 56.2 Å². The number of likely N-dealkylation sites (tertiary alicyclic amines) is 1. The molecule has 0 spiro atoms. The third-order valence-corrected chi connectivity index (χ3v) is 9.06. The number of rotatable bonds is 6. The number of imidazole rings is 1. The number of hydrogen-bond donors (Lipinski definition) is 1. The molecule has 1 amide bonds. The van der Waals surface area contributed by atoms with Crippen LogP contribution in [0, 0.1) is 5.92 Å². The second kappa shape index (κ2) is 8.31. The monoisotopic (exact) mass is 504 g/mol. The zero-order valence-electron chi connectivity index (χ0n) is 20.9. The van der Waals surface area contributed by atoms with E-state index in [1.54, 1.807) is 7.11 Å². The van der Waals surface area contributed by atoms with Gasteiger partial charge in [0.25, 0.3) is 5.91 Å². The molecular formula is C27H32N6O2S. The summed E-state index contributed by atoms with van der Waals surface area (Å²) in [5, 5.41) is 1.28. The maximum Gasteiger partial charge on any atom is 0.254 e. The van der Waals surface area contributed by atoms with Gasteiger partial charge in [0.1, 0.15) is 11.3 Å². The van der Waals surface area contributed by atoms with Crippen LogP contribution in [0.4, 0.5) is 0 Å². The Balaban J connectivity index is 1.33. The summed E-state index contributed by atoms with van der Waals surface area (Å²) < 4.78 is 11.5. The quantitative estimate of drug-likeness (QED) is 0.417.